The Hall–Kier alpha value is -2.48. The van der Waals surface area contributed by atoms with E-state index in [1.54, 1.807) is 12.2 Å². The lowest BCUT2D eigenvalue weighted by Gasteiger charge is -1.89. The average molecular weight is 278 g/mol. The summed E-state index contributed by atoms with van der Waals surface area (Å²) in [6.45, 7) is 1.90. The van der Waals surface area contributed by atoms with Crippen molar-refractivity contribution in [2.75, 3.05) is 5.43 Å². The van der Waals surface area contributed by atoms with Crippen molar-refractivity contribution in [3.63, 3.8) is 0 Å². The molecule has 0 aliphatic rings. The van der Waals surface area contributed by atoms with Crippen LogP contribution in [0.3, 0.4) is 0 Å². The van der Waals surface area contributed by atoms with Gasteiger partial charge in [-0.25, -0.2) is 4.98 Å². The average Bonchev–Trinajstić information content (AvgIpc) is 2.98. The molecule has 19 heavy (non-hydrogen) atoms. The largest absolute Gasteiger partial charge is 0.433 e. The first kappa shape index (κ1) is 13.0. The maximum Gasteiger partial charge on any atom is 0.433 e. The van der Waals surface area contributed by atoms with Crippen LogP contribution in [-0.2, 0) is 0 Å². The molecule has 0 saturated carbocycles. The lowest BCUT2D eigenvalue weighted by molar-refractivity contribution is -0.402. The van der Waals surface area contributed by atoms with Gasteiger partial charge in [-0.3, -0.25) is 15.5 Å². The van der Waals surface area contributed by atoms with Crippen LogP contribution in [0.5, 0.6) is 0 Å². The summed E-state index contributed by atoms with van der Waals surface area (Å²) in [5.41, 5.74) is 3.69. The van der Waals surface area contributed by atoms with E-state index in [4.69, 9.17) is 4.42 Å². The fourth-order valence-corrected chi connectivity index (χ4v) is 1.85. The zero-order chi connectivity index (χ0) is 13.7. The minimum absolute atomic E-state index is 0.284. The molecule has 0 bridgehead atoms. The van der Waals surface area contributed by atoms with Crippen LogP contribution >= 0.6 is 11.3 Å². The molecule has 0 saturated heterocycles. The van der Waals surface area contributed by atoms with E-state index in [-0.39, 0.29) is 5.88 Å². The Kier molecular flexibility index (Phi) is 4.04. The number of aromatic nitrogens is 1. The van der Waals surface area contributed by atoms with Gasteiger partial charge in [0.1, 0.15) is 10.7 Å². The zero-order valence-electron chi connectivity index (χ0n) is 9.94. The Morgan fingerprint density at radius 3 is 3.05 bits per heavy atom. The van der Waals surface area contributed by atoms with Gasteiger partial charge in [-0.15, -0.1) is 11.3 Å². The molecule has 0 amide bonds. The number of hydrazone groups is 1. The summed E-state index contributed by atoms with van der Waals surface area (Å²) < 4.78 is 4.94. The normalized spacial score (nSPS) is 11.4. The van der Waals surface area contributed by atoms with Gasteiger partial charge in [0.25, 0.3) is 0 Å². The molecule has 0 unspecified atom stereocenters. The summed E-state index contributed by atoms with van der Waals surface area (Å²) in [4.78, 5) is 14.0. The molecule has 2 aromatic rings. The van der Waals surface area contributed by atoms with Crippen LogP contribution in [0, 0.1) is 17.0 Å². The second-order valence-corrected chi connectivity index (χ2v) is 4.33. The minimum Gasteiger partial charge on any atom is -0.401 e. The van der Waals surface area contributed by atoms with Crippen molar-refractivity contribution in [3.05, 3.63) is 45.2 Å². The third kappa shape index (κ3) is 3.75. The third-order valence-corrected chi connectivity index (χ3v) is 2.86. The van der Waals surface area contributed by atoms with Crippen molar-refractivity contribution in [2.24, 2.45) is 5.10 Å². The van der Waals surface area contributed by atoms with Gasteiger partial charge in [0.2, 0.25) is 5.13 Å². The van der Waals surface area contributed by atoms with Gasteiger partial charge in [-0.05, 0) is 25.1 Å². The monoisotopic (exact) mass is 278 g/mol. The Morgan fingerprint density at radius 1 is 1.58 bits per heavy atom. The number of nitrogens with one attached hydrogen (secondary N) is 1. The van der Waals surface area contributed by atoms with E-state index < -0.39 is 4.92 Å². The highest BCUT2D eigenvalue weighted by atomic mass is 32.1. The van der Waals surface area contributed by atoms with E-state index in [0.717, 1.165) is 5.69 Å². The van der Waals surface area contributed by atoms with Gasteiger partial charge in [0.05, 0.1) is 11.8 Å². The molecule has 2 aromatic heterocycles. The predicted octanol–water partition coefficient (Wildman–Crippen LogP) is 3.06. The first-order valence-corrected chi connectivity index (χ1v) is 6.15. The first-order chi connectivity index (χ1) is 9.15. The highest BCUT2D eigenvalue weighted by Crippen LogP contribution is 2.16. The summed E-state index contributed by atoms with van der Waals surface area (Å²) in [5, 5.41) is 16.9. The molecular formula is C11H10N4O3S. The lowest BCUT2D eigenvalue weighted by Crippen LogP contribution is -1.86. The molecule has 0 spiro atoms. The maximum absolute atomic E-state index is 10.4. The van der Waals surface area contributed by atoms with Crippen LogP contribution in [0.1, 0.15) is 11.5 Å². The standard InChI is InChI=1S/C11H10N4O3S/c1-8-7-19-11(13-8)14-12-6-2-3-9-4-5-10(18-9)15(16)17/h2-7H,1H3,(H,13,14)/b3-2+,12-6-. The van der Waals surface area contributed by atoms with E-state index in [1.807, 2.05) is 12.3 Å². The molecular weight excluding hydrogens is 268 g/mol. The Balaban J connectivity index is 1.87. The number of nitro groups is 1. The molecule has 0 atom stereocenters. The molecule has 0 aliphatic carbocycles. The van der Waals surface area contributed by atoms with Gasteiger partial charge in [-0.2, -0.15) is 5.10 Å². The number of furan rings is 1. The first-order valence-electron chi connectivity index (χ1n) is 5.27. The molecule has 2 heterocycles. The van der Waals surface area contributed by atoms with Crippen LogP contribution < -0.4 is 5.43 Å². The summed E-state index contributed by atoms with van der Waals surface area (Å²) in [7, 11) is 0. The second kappa shape index (κ2) is 5.91. The van der Waals surface area contributed by atoms with Crippen LogP contribution in [0.15, 0.2) is 33.1 Å². The fourth-order valence-electron chi connectivity index (χ4n) is 1.21. The number of hydrogen-bond acceptors (Lipinski definition) is 7. The van der Waals surface area contributed by atoms with Crippen molar-refractivity contribution in [1.29, 1.82) is 0 Å². The van der Waals surface area contributed by atoms with Gasteiger partial charge in [0.15, 0.2) is 0 Å². The molecule has 7 nitrogen and oxygen atoms in total. The van der Waals surface area contributed by atoms with Crippen molar-refractivity contribution in [3.8, 4) is 0 Å². The van der Waals surface area contributed by atoms with Gasteiger partial charge < -0.3 is 4.42 Å². The number of thiazole rings is 1. The molecule has 0 radical (unpaired) electrons. The van der Waals surface area contributed by atoms with Crippen molar-refractivity contribution >= 4 is 34.6 Å². The Morgan fingerprint density at radius 2 is 2.42 bits per heavy atom. The number of anilines is 1. The van der Waals surface area contributed by atoms with Gasteiger partial charge in [-0.1, -0.05) is 0 Å². The second-order valence-electron chi connectivity index (χ2n) is 3.48. The number of aryl methyl sites for hydroxylation is 1. The van der Waals surface area contributed by atoms with Gasteiger partial charge >= 0.3 is 5.88 Å². The van der Waals surface area contributed by atoms with E-state index in [9.17, 15) is 10.1 Å². The SMILES string of the molecule is Cc1csc(N/N=C\C=C\c2ccc([N+](=O)[O-])o2)n1. The molecule has 0 fully saturated rings. The Labute approximate surface area is 112 Å². The van der Waals surface area contributed by atoms with E-state index in [0.29, 0.717) is 10.9 Å². The topological polar surface area (TPSA) is 93.6 Å². The highest BCUT2D eigenvalue weighted by Gasteiger charge is 2.09. The third-order valence-electron chi connectivity index (χ3n) is 1.99. The number of hydrogen-bond donors (Lipinski definition) is 1. The highest BCUT2D eigenvalue weighted by molar-refractivity contribution is 7.13. The molecule has 0 aromatic carbocycles. The lowest BCUT2D eigenvalue weighted by atomic mass is 10.4. The summed E-state index contributed by atoms with van der Waals surface area (Å²) in [5.74, 6) is 0.108. The summed E-state index contributed by atoms with van der Waals surface area (Å²) in [6.07, 6.45) is 4.69. The van der Waals surface area contributed by atoms with Crippen LogP contribution in [-0.4, -0.2) is 16.1 Å². The molecule has 98 valence electrons. The smallest absolute Gasteiger partial charge is 0.401 e. The van der Waals surface area contributed by atoms with Crippen molar-refractivity contribution < 1.29 is 9.34 Å². The van der Waals surface area contributed by atoms with E-state index >= 15 is 0 Å². The number of allylic oxidation sites excluding steroid dienone is 1. The van der Waals surface area contributed by atoms with Gasteiger partial charge in [0, 0.05) is 11.6 Å². The van der Waals surface area contributed by atoms with Crippen LogP contribution in [0.4, 0.5) is 11.0 Å². The number of nitrogens with zero attached hydrogens (tertiary/aromatic N) is 3. The van der Waals surface area contributed by atoms with Crippen molar-refractivity contribution in [2.45, 2.75) is 6.92 Å². The zero-order valence-corrected chi connectivity index (χ0v) is 10.8. The minimum atomic E-state index is -0.586. The molecule has 1 N–H and O–H groups in total. The van der Waals surface area contributed by atoms with E-state index in [1.165, 1.54) is 29.7 Å². The molecule has 0 aliphatic heterocycles. The van der Waals surface area contributed by atoms with Crippen LogP contribution in [0.2, 0.25) is 0 Å². The van der Waals surface area contributed by atoms with Crippen molar-refractivity contribution in [1.82, 2.24) is 4.98 Å². The summed E-state index contributed by atoms with van der Waals surface area (Å²) >= 11 is 1.46. The fraction of sp³-hybridized carbons (Fsp3) is 0.0909. The van der Waals surface area contributed by atoms with Crippen LogP contribution in [0.25, 0.3) is 6.08 Å². The summed E-state index contributed by atoms with van der Waals surface area (Å²) in [6, 6.07) is 2.81. The predicted molar refractivity (Wildman–Crippen MR) is 73.4 cm³/mol. The maximum atomic E-state index is 10.4. The molecule has 2 rings (SSSR count). The Bertz CT molecular complexity index is 629. The van der Waals surface area contributed by atoms with E-state index in [2.05, 4.69) is 15.5 Å². The quantitative estimate of drug-likeness (QED) is 0.515. The molecule has 8 heteroatoms. The number of rotatable bonds is 5.